The molecule has 2 fully saturated rings. The van der Waals surface area contributed by atoms with Crippen molar-refractivity contribution in [2.45, 2.75) is 110 Å². The second-order valence-electron chi connectivity index (χ2n) is 15.2. The summed E-state index contributed by atoms with van der Waals surface area (Å²) in [5.74, 6) is 7.14. The molecule has 0 N–H and O–H groups in total. The molecule has 2 aliphatic heterocycles. The number of benzene rings is 2. The number of halogens is 2. The summed E-state index contributed by atoms with van der Waals surface area (Å²) >= 11 is 6.89. The Hall–Kier alpha value is -2.50. The zero-order valence-corrected chi connectivity index (χ0v) is 33.1. The first kappa shape index (κ1) is 37.3. The fourth-order valence-electron chi connectivity index (χ4n) is 7.26. The van der Waals surface area contributed by atoms with E-state index in [0.29, 0.717) is 30.1 Å². The van der Waals surface area contributed by atoms with Gasteiger partial charge in [0.1, 0.15) is 22.7 Å². The van der Waals surface area contributed by atoms with E-state index in [0.717, 1.165) is 69.4 Å². The minimum atomic E-state index is -1.21. The average molecular weight is 784 g/mol. The van der Waals surface area contributed by atoms with Gasteiger partial charge >= 0.3 is 0 Å². The van der Waals surface area contributed by atoms with Crippen molar-refractivity contribution >= 4 is 57.5 Å². The molecule has 9 heteroatoms. The highest BCUT2D eigenvalue weighted by Gasteiger charge is 2.47. The number of carbonyl (C=O) groups excluding carboxylic acids is 1. The molecule has 4 aliphatic rings. The van der Waals surface area contributed by atoms with Crippen LogP contribution < -0.4 is 9.47 Å². The van der Waals surface area contributed by atoms with Gasteiger partial charge in [-0.05, 0) is 131 Å². The predicted octanol–water partition coefficient (Wildman–Crippen LogP) is 11.0. The van der Waals surface area contributed by atoms with Crippen LogP contribution in [0.2, 0.25) is 19.6 Å². The van der Waals surface area contributed by atoms with Crippen molar-refractivity contribution in [3.63, 3.8) is 0 Å². The summed E-state index contributed by atoms with van der Waals surface area (Å²) in [5, 5.41) is 8.99. The Bertz CT molecular complexity index is 1590. The third-order valence-electron chi connectivity index (χ3n) is 9.81. The van der Waals surface area contributed by atoms with E-state index in [1.165, 1.54) is 12.8 Å². The van der Waals surface area contributed by atoms with Crippen LogP contribution in [-0.2, 0) is 0 Å². The Kier molecular flexibility index (Phi) is 12.2. The highest BCUT2D eigenvalue weighted by atomic mass is 79.9. The normalized spacial score (nSPS) is 26.7. The van der Waals surface area contributed by atoms with Crippen LogP contribution in [-0.4, -0.2) is 36.8 Å². The largest absolute Gasteiger partial charge is 0.486 e. The van der Waals surface area contributed by atoms with Crippen LogP contribution in [0.4, 0.5) is 0 Å². The lowest BCUT2D eigenvalue weighted by Crippen LogP contribution is -2.40. The average Bonchev–Trinajstić information content (AvgIpc) is 3.59. The van der Waals surface area contributed by atoms with Gasteiger partial charge in [0, 0.05) is 20.9 Å². The molecule has 2 spiro atoms. The molecule has 0 bridgehead atoms. The SMILES string of the molecule is C=C=N[Si](C)(C)C.CC(C)C1CCC2(CC(=NC#N)c3cc(Br)ccc3O2)C1.CC(C)C1CCC2(CC(=O)c3cc(Br)ccc3O2)C1. The fourth-order valence-corrected chi connectivity index (χ4v) is 8.45. The van der Waals surface area contributed by atoms with Crippen molar-refractivity contribution in [1.82, 2.24) is 0 Å². The van der Waals surface area contributed by atoms with E-state index < -0.39 is 8.24 Å². The van der Waals surface area contributed by atoms with Gasteiger partial charge in [-0.3, -0.25) is 9.45 Å². The van der Waals surface area contributed by atoms with Crippen LogP contribution in [0.25, 0.3) is 0 Å². The van der Waals surface area contributed by atoms with Gasteiger partial charge in [0.25, 0.3) is 0 Å². The zero-order chi connectivity index (χ0) is 34.6. The van der Waals surface area contributed by atoms with E-state index in [2.05, 4.69) is 101 Å². The Labute approximate surface area is 299 Å². The first-order valence-electron chi connectivity index (χ1n) is 16.8. The monoisotopic (exact) mass is 781 g/mol. The van der Waals surface area contributed by atoms with Crippen LogP contribution in [0.3, 0.4) is 0 Å². The molecule has 2 saturated carbocycles. The Morgan fingerprint density at radius 2 is 1.36 bits per heavy atom. The van der Waals surface area contributed by atoms with Gasteiger partial charge in [0.05, 0.1) is 17.7 Å². The van der Waals surface area contributed by atoms with Gasteiger partial charge in [-0.15, -0.1) is 0 Å². The smallest absolute Gasteiger partial charge is 0.205 e. The van der Waals surface area contributed by atoms with Gasteiger partial charge < -0.3 is 9.47 Å². The summed E-state index contributed by atoms with van der Waals surface area (Å²) in [4.78, 5) is 16.5. The number of hydrogen-bond donors (Lipinski definition) is 0. The molecule has 252 valence electrons. The molecule has 2 aliphatic carbocycles. The second kappa shape index (κ2) is 15.4. The summed E-state index contributed by atoms with van der Waals surface area (Å²) in [6, 6.07) is 11.7. The summed E-state index contributed by atoms with van der Waals surface area (Å²) in [6.45, 7) is 18.9. The number of nitrogens with zero attached hydrogens (tertiary/aromatic N) is 3. The lowest BCUT2D eigenvalue weighted by molar-refractivity contribution is 0.0408. The van der Waals surface area contributed by atoms with Crippen LogP contribution in [0.5, 0.6) is 11.5 Å². The highest BCUT2D eigenvalue weighted by molar-refractivity contribution is 9.10. The lowest BCUT2D eigenvalue weighted by atomic mass is 9.85. The predicted molar refractivity (Wildman–Crippen MR) is 201 cm³/mol. The van der Waals surface area contributed by atoms with E-state index in [-0.39, 0.29) is 17.0 Å². The summed E-state index contributed by atoms with van der Waals surface area (Å²) in [7, 11) is -1.21. The first-order valence-corrected chi connectivity index (χ1v) is 21.8. The maximum absolute atomic E-state index is 12.4. The molecule has 47 heavy (non-hydrogen) atoms. The molecule has 0 saturated heterocycles. The topological polar surface area (TPSA) is 84.0 Å². The number of ether oxygens (including phenoxy) is 2. The van der Waals surface area contributed by atoms with E-state index in [4.69, 9.17) is 14.7 Å². The second-order valence-corrected chi connectivity index (χ2v) is 21.6. The van der Waals surface area contributed by atoms with Crippen molar-refractivity contribution in [2.24, 2.45) is 33.3 Å². The molecule has 2 aromatic rings. The molecule has 0 aromatic heterocycles. The molecule has 4 unspecified atom stereocenters. The molecule has 0 amide bonds. The molecule has 6 rings (SSSR count). The number of aliphatic imine (C=N–C) groups is 1. The van der Waals surface area contributed by atoms with E-state index >= 15 is 0 Å². The summed E-state index contributed by atoms with van der Waals surface area (Å²) in [5.41, 5.74) is 2.15. The minimum Gasteiger partial charge on any atom is -0.486 e. The van der Waals surface area contributed by atoms with Crippen LogP contribution in [0.15, 0.2) is 61.6 Å². The minimum absolute atomic E-state index is 0.161. The van der Waals surface area contributed by atoms with Crippen molar-refractivity contribution in [3.8, 4) is 17.7 Å². The highest BCUT2D eigenvalue weighted by Crippen LogP contribution is 2.49. The van der Waals surface area contributed by atoms with Crippen molar-refractivity contribution in [3.05, 3.63) is 63.0 Å². The van der Waals surface area contributed by atoms with E-state index in [9.17, 15) is 4.79 Å². The Balaban J connectivity index is 0.000000178. The zero-order valence-electron chi connectivity index (χ0n) is 29.0. The number of rotatable bonds is 3. The van der Waals surface area contributed by atoms with Crippen molar-refractivity contribution in [2.75, 3.05) is 0 Å². The van der Waals surface area contributed by atoms with Gasteiger partial charge in [-0.25, -0.2) is 0 Å². The van der Waals surface area contributed by atoms with Crippen LogP contribution >= 0.6 is 31.9 Å². The molecular formula is C38H49Br2N3O3Si. The van der Waals surface area contributed by atoms with E-state index in [1.807, 2.05) is 42.6 Å². The molecule has 2 aromatic carbocycles. The van der Waals surface area contributed by atoms with Crippen molar-refractivity contribution in [1.29, 1.82) is 5.26 Å². The maximum atomic E-state index is 12.4. The summed E-state index contributed by atoms with van der Waals surface area (Å²) < 4.78 is 18.6. The first-order chi connectivity index (χ1) is 22.1. The number of hydrogen-bond acceptors (Lipinski definition) is 6. The molecule has 4 atom stereocenters. The third kappa shape index (κ3) is 9.56. The molecule has 6 nitrogen and oxygen atoms in total. The lowest BCUT2D eigenvalue weighted by Gasteiger charge is -2.36. The Morgan fingerprint density at radius 1 is 0.872 bits per heavy atom. The van der Waals surface area contributed by atoms with Gasteiger partial charge in [0.15, 0.2) is 14.0 Å². The number of nitriles is 1. The van der Waals surface area contributed by atoms with Gasteiger partial charge in [-0.2, -0.15) is 10.3 Å². The molecular weight excluding hydrogens is 734 g/mol. The Morgan fingerprint density at radius 3 is 1.79 bits per heavy atom. The van der Waals surface area contributed by atoms with Crippen LogP contribution in [0, 0.1) is 35.1 Å². The standard InChI is InChI=1S/C17H19BrN2O.C16H19BrO2.C5H11NSi/c1-11(2)12-5-6-17(8-12)9-15(20-10-19)14-7-13(18)3-4-16(14)21-17;1-10(2)11-5-6-16(8-11)9-14(18)13-7-12(17)3-4-15(13)19-16;1-5-6-7(2,3)4/h3-4,7,11-12H,5-6,8-9H2,1-2H3;3-4,7,10-11H,5-6,8-9H2,1-2H3;1H2,2-4H3. The summed E-state index contributed by atoms with van der Waals surface area (Å²) in [6.07, 6.45) is 9.76. The van der Waals surface area contributed by atoms with E-state index in [1.54, 1.807) is 0 Å². The van der Waals surface area contributed by atoms with Gasteiger partial charge in [0.2, 0.25) is 6.19 Å². The van der Waals surface area contributed by atoms with Crippen LogP contribution in [0.1, 0.15) is 95.0 Å². The number of ketones is 1. The van der Waals surface area contributed by atoms with Gasteiger partial charge in [-0.1, -0.05) is 59.6 Å². The number of Topliss-reactive ketones (excluding diaryl/α,β-unsaturated/α-hetero) is 1. The number of carbonyl (C=O) groups is 1. The number of fused-ring (bicyclic) bond motifs is 2. The van der Waals surface area contributed by atoms with Crippen molar-refractivity contribution < 1.29 is 14.3 Å². The maximum Gasteiger partial charge on any atom is 0.205 e. The molecule has 0 radical (unpaired) electrons. The third-order valence-corrected chi connectivity index (χ3v) is 11.6. The fraction of sp³-hybridized carbons (Fsp3) is 0.553. The quantitative estimate of drug-likeness (QED) is 0.176. The molecule has 2 heterocycles.